The van der Waals surface area contributed by atoms with Crippen LogP contribution < -0.4 is 5.63 Å². The Labute approximate surface area is 108 Å². The molecule has 0 unspecified atom stereocenters. The van der Waals surface area contributed by atoms with Gasteiger partial charge < -0.3 is 4.42 Å². The minimum atomic E-state index is -0.297. The van der Waals surface area contributed by atoms with Gasteiger partial charge in [0, 0.05) is 21.9 Å². The molecule has 0 aliphatic rings. The molecule has 18 heavy (non-hydrogen) atoms. The number of hydrogen-bond donors (Lipinski definition) is 0. The first-order chi connectivity index (χ1) is 8.66. The van der Waals surface area contributed by atoms with Crippen LogP contribution in [0.25, 0.3) is 22.2 Å². The third-order valence-corrected chi connectivity index (χ3v) is 3.69. The average molecular weight is 257 g/mol. The van der Waals surface area contributed by atoms with E-state index < -0.39 is 0 Å². The van der Waals surface area contributed by atoms with Crippen molar-refractivity contribution in [3.63, 3.8) is 0 Å². The van der Waals surface area contributed by atoms with Gasteiger partial charge >= 0.3 is 5.63 Å². The van der Waals surface area contributed by atoms with Gasteiger partial charge in [0.2, 0.25) is 0 Å². The number of nitrogens with zero attached hydrogens (tertiary/aromatic N) is 1. The fraction of sp³-hybridized carbons (Fsp3) is 0.143. The second kappa shape index (κ2) is 4.07. The van der Waals surface area contributed by atoms with Crippen molar-refractivity contribution in [3.05, 3.63) is 50.6 Å². The lowest BCUT2D eigenvalue weighted by Crippen LogP contribution is -2.05. The number of aryl methyl sites for hydroxylation is 1. The van der Waals surface area contributed by atoms with Crippen LogP contribution in [-0.4, -0.2) is 4.98 Å². The molecule has 0 aliphatic carbocycles. The van der Waals surface area contributed by atoms with E-state index in [1.807, 2.05) is 30.5 Å². The highest BCUT2D eigenvalue weighted by Gasteiger charge is 2.14. The molecule has 0 saturated heterocycles. The van der Waals surface area contributed by atoms with Crippen LogP contribution in [0.1, 0.15) is 10.6 Å². The summed E-state index contributed by atoms with van der Waals surface area (Å²) in [4.78, 5) is 16.3. The fourth-order valence-corrected chi connectivity index (χ4v) is 2.65. The Kier molecular flexibility index (Phi) is 2.52. The van der Waals surface area contributed by atoms with Gasteiger partial charge in [-0.1, -0.05) is 18.2 Å². The van der Waals surface area contributed by atoms with Crippen molar-refractivity contribution >= 4 is 22.3 Å². The third kappa shape index (κ3) is 1.66. The van der Waals surface area contributed by atoms with Crippen molar-refractivity contribution in [1.82, 2.24) is 4.98 Å². The van der Waals surface area contributed by atoms with Crippen LogP contribution >= 0.6 is 11.3 Å². The highest BCUT2D eigenvalue weighted by atomic mass is 32.1. The first-order valence-corrected chi connectivity index (χ1v) is 6.50. The van der Waals surface area contributed by atoms with Crippen molar-refractivity contribution in [1.29, 1.82) is 0 Å². The maximum Gasteiger partial charge on any atom is 0.339 e. The second-order valence-electron chi connectivity index (χ2n) is 4.14. The molecule has 0 spiro atoms. The second-order valence-corrected chi connectivity index (χ2v) is 5.20. The molecule has 0 saturated carbocycles. The van der Waals surface area contributed by atoms with Gasteiger partial charge in [-0.05, 0) is 19.9 Å². The van der Waals surface area contributed by atoms with Gasteiger partial charge in [-0.15, -0.1) is 11.3 Å². The molecule has 3 nitrogen and oxygen atoms in total. The number of aromatic nitrogens is 1. The van der Waals surface area contributed by atoms with Crippen molar-refractivity contribution in [2.24, 2.45) is 0 Å². The molecule has 0 fully saturated rings. The van der Waals surface area contributed by atoms with E-state index in [0.717, 1.165) is 21.7 Å². The zero-order valence-electron chi connectivity index (χ0n) is 10.1. The predicted octanol–water partition coefficient (Wildman–Crippen LogP) is 3.53. The molecule has 2 aromatic heterocycles. The Hall–Kier alpha value is -1.94. The Balaban J connectivity index is 2.46. The summed E-state index contributed by atoms with van der Waals surface area (Å²) < 4.78 is 5.28. The summed E-state index contributed by atoms with van der Waals surface area (Å²) in [6, 6.07) is 7.55. The minimum absolute atomic E-state index is 0.297. The van der Waals surface area contributed by atoms with Gasteiger partial charge in [0.15, 0.2) is 0 Å². The van der Waals surface area contributed by atoms with Crippen LogP contribution in [0.4, 0.5) is 0 Å². The van der Waals surface area contributed by atoms with Gasteiger partial charge in [-0.3, -0.25) is 0 Å². The Morgan fingerprint density at radius 2 is 2.00 bits per heavy atom. The highest BCUT2D eigenvalue weighted by Crippen LogP contribution is 2.30. The van der Waals surface area contributed by atoms with Gasteiger partial charge in [-0.2, -0.15) is 0 Å². The summed E-state index contributed by atoms with van der Waals surface area (Å²) in [5, 5.41) is 3.89. The normalized spacial score (nSPS) is 11.0. The molecule has 2 heterocycles. The van der Waals surface area contributed by atoms with E-state index >= 15 is 0 Å². The van der Waals surface area contributed by atoms with Crippen molar-refractivity contribution in [2.75, 3.05) is 0 Å². The zero-order chi connectivity index (χ0) is 12.7. The molecule has 0 N–H and O–H groups in total. The van der Waals surface area contributed by atoms with Gasteiger partial charge in [-0.25, -0.2) is 9.78 Å². The molecule has 0 atom stereocenters. The molecular formula is C14H11NO2S. The van der Waals surface area contributed by atoms with Crippen molar-refractivity contribution in [2.45, 2.75) is 13.8 Å². The lowest BCUT2D eigenvalue weighted by molar-refractivity contribution is 0.556. The first kappa shape index (κ1) is 11.2. The molecule has 0 aliphatic heterocycles. The number of rotatable bonds is 1. The molecule has 4 heteroatoms. The molecule has 3 rings (SSSR count). The van der Waals surface area contributed by atoms with E-state index in [2.05, 4.69) is 4.98 Å². The number of benzene rings is 1. The summed E-state index contributed by atoms with van der Waals surface area (Å²) in [5.74, 6) is 0. The molecular weight excluding hydrogens is 246 g/mol. The summed E-state index contributed by atoms with van der Waals surface area (Å²) in [5.41, 5.74) is 2.65. The summed E-state index contributed by atoms with van der Waals surface area (Å²) in [6.45, 7) is 3.74. The van der Waals surface area contributed by atoms with Crippen molar-refractivity contribution < 1.29 is 4.42 Å². The Morgan fingerprint density at radius 3 is 2.72 bits per heavy atom. The van der Waals surface area contributed by atoms with Crippen LogP contribution in [0, 0.1) is 13.8 Å². The number of fused-ring (bicyclic) bond motifs is 1. The molecule has 3 aromatic rings. The van der Waals surface area contributed by atoms with Crippen LogP contribution in [0.5, 0.6) is 0 Å². The maximum absolute atomic E-state index is 11.8. The van der Waals surface area contributed by atoms with Gasteiger partial charge in [0.25, 0.3) is 0 Å². The standard InChI is InChI=1S/C14H11NO2S/c1-8-13(11-7-18-9(2)15-11)10-5-3-4-6-12(10)17-14(8)16/h3-7H,1-2H3. The Bertz CT molecular complexity index is 786. The minimum Gasteiger partial charge on any atom is -0.422 e. The smallest absolute Gasteiger partial charge is 0.339 e. The lowest BCUT2D eigenvalue weighted by Gasteiger charge is -2.05. The van der Waals surface area contributed by atoms with E-state index in [1.54, 1.807) is 24.3 Å². The van der Waals surface area contributed by atoms with Crippen LogP contribution in [0.3, 0.4) is 0 Å². The quantitative estimate of drug-likeness (QED) is 0.626. The molecule has 0 bridgehead atoms. The largest absolute Gasteiger partial charge is 0.422 e. The summed E-state index contributed by atoms with van der Waals surface area (Å²) in [7, 11) is 0. The van der Waals surface area contributed by atoms with E-state index in [1.165, 1.54) is 0 Å². The first-order valence-electron chi connectivity index (χ1n) is 5.62. The van der Waals surface area contributed by atoms with E-state index in [0.29, 0.717) is 11.1 Å². The van der Waals surface area contributed by atoms with Crippen LogP contribution in [0.15, 0.2) is 38.9 Å². The molecule has 0 amide bonds. The molecule has 0 radical (unpaired) electrons. The predicted molar refractivity (Wildman–Crippen MR) is 73.1 cm³/mol. The van der Waals surface area contributed by atoms with Crippen LogP contribution in [0.2, 0.25) is 0 Å². The average Bonchev–Trinajstić information content (AvgIpc) is 2.77. The SMILES string of the molecule is Cc1nc(-c2c(C)c(=O)oc3ccccc23)cs1. The fourth-order valence-electron chi connectivity index (χ4n) is 2.05. The third-order valence-electron chi connectivity index (χ3n) is 2.92. The van der Waals surface area contributed by atoms with Gasteiger partial charge in [0.05, 0.1) is 10.7 Å². The zero-order valence-corrected chi connectivity index (χ0v) is 10.9. The van der Waals surface area contributed by atoms with Gasteiger partial charge in [0.1, 0.15) is 5.58 Å². The summed E-state index contributed by atoms with van der Waals surface area (Å²) >= 11 is 1.58. The van der Waals surface area contributed by atoms with E-state index in [9.17, 15) is 4.79 Å². The lowest BCUT2D eigenvalue weighted by atomic mass is 10.0. The number of para-hydroxylation sites is 1. The maximum atomic E-state index is 11.8. The van der Waals surface area contributed by atoms with E-state index in [4.69, 9.17) is 4.42 Å². The van der Waals surface area contributed by atoms with Crippen LogP contribution in [-0.2, 0) is 0 Å². The monoisotopic (exact) mass is 257 g/mol. The number of thiazole rings is 1. The number of hydrogen-bond acceptors (Lipinski definition) is 4. The van der Waals surface area contributed by atoms with E-state index in [-0.39, 0.29) is 5.63 Å². The topological polar surface area (TPSA) is 43.1 Å². The highest BCUT2D eigenvalue weighted by molar-refractivity contribution is 7.09. The van der Waals surface area contributed by atoms with Crippen molar-refractivity contribution in [3.8, 4) is 11.3 Å². The molecule has 1 aromatic carbocycles. The summed E-state index contributed by atoms with van der Waals surface area (Å²) in [6.07, 6.45) is 0. The Morgan fingerprint density at radius 1 is 1.22 bits per heavy atom. The molecule has 90 valence electrons.